The molecule has 3 N–H and O–H groups in total. The summed E-state index contributed by atoms with van der Waals surface area (Å²) < 4.78 is 0. The number of hydrazine groups is 1. The van der Waals surface area contributed by atoms with Gasteiger partial charge in [0, 0.05) is 6.42 Å². The third-order valence-corrected chi connectivity index (χ3v) is 2.16. The molecule has 1 aromatic carbocycles. The smallest absolute Gasteiger partial charge is 0.0569 e. The van der Waals surface area contributed by atoms with Crippen LogP contribution in [0.15, 0.2) is 24.3 Å². The first-order chi connectivity index (χ1) is 6.77. The maximum absolute atomic E-state index is 5.47. The van der Waals surface area contributed by atoms with Gasteiger partial charge in [-0.2, -0.15) is 0 Å². The van der Waals surface area contributed by atoms with Crippen LogP contribution in [-0.2, 0) is 0 Å². The summed E-state index contributed by atoms with van der Waals surface area (Å²) in [5.41, 5.74) is 5.21. The van der Waals surface area contributed by atoms with E-state index < -0.39 is 0 Å². The molecule has 0 heterocycles. The molecule has 2 heteroatoms. The van der Waals surface area contributed by atoms with Gasteiger partial charge in [0.25, 0.3) is 0 Å². The van der Waals surface area contributed by atoms with Gasteiger partial charge >= 0.3 is 0 Å². The van der Waals surface area contributed by atoms with Crippen molar-refractivity contribution >= 4 is 0 Å². The Balaban J connectivity index is 2.76. The van der Waals surface area contributed by atoms with E-state index in [4.69, 9.17) is 5.84 Å². The van der Waals surface area contributed by atoms with Crippen molar-refractivity contribution in [2.24, 2.45) is 5.84 Å². The maximum Gasteiger partial charge on any atom is 0.0569 e. The monoisotopic (exact) mass is 188 g/mol. The quantitative estimate of drug-likeness (QED) is 0.432. The Hall–Kier alpha value is -1.30. The van der Waals surface area contributed by atoms with E-state index in [1.165, 1.54) is 11.1 Å². The molecule has 0 spiro atoms. The first kappa shape index (κ1) is 10.8. The van der Waals surface area contributed by atoms with Crippen LogP contribution >= 0.6 is 0 Å². The molecular formula is C12H16N2. The fourth-order valence-corrected chi connectivity index (χ4v) is 1.28. The van der Waals surface area contributed by atoms with Crippen LogP contribution in [0.4, 0.5) is 0 Å². The molecule has 0 aliphatic carbocycles. The number of rotatable bonds is 3. The number of benzene rings is 1. The second kappa shape index (κ2) is 5.43. The average molecular weight is 188 g/mol. The SMILES string of the molecule is CC#CCC(NN)c1ccc(C)cc1. The number of nitrogens with two attached hydrogens (primary N) is 1. The minimum atomic E-state index is 0.128. The summed E-state index contributed by atoms with van der Waals surface area (Å²) >= 11 is 0. The van der Waals surface area contributed by atoms with Gasteiger partial charge < -0.3 is 0 Å². The summed E-state index contributed by atoms with van der Waals surface area (Å²) in [5.74, 6) is 11.4. The van der Waals surface area contributed by atoms with Crippen molar-refractivity contribution in [2.75, 3.05) is 0 Å². The van der Waals surface area contributed by atoms with Crippen molar-refractivity contribution in [1.29, 1.82) is 0 Å². The van der Waals surface area contributed by atoms with Gasteiger partial charge in [-0.15, -0.1) is 11.8 Å². The Morgan fingerprint density at radius 2 is 2.00 bits per heavy atom. The number of aryl methyl sites for hydroxylation is 1. The average Bonchev–Trinajstić information content (AvgIpc) is 2.21. The lowest BCUT2D eigenvalue weighted by atomic mass is 10.0. The lowest BCUT2D eigenvalue weighted by Crippen LogP contribution is -2.27. The first-order valence-corrected chi connectivity index (χ1v) is 4.70. The van der Waals surface area contributed by atoms with Gasteiger partial charge in [0.15, 0.2) is 0 Å². The van der Waals surface area contributed by atoms with E-state index in [9.17, 15) is 0 Å². The minimum absolute atomic E-state index is 0.128. The molecule has 0 amide bonds. The van der Waals surface area contributed by atoms with Gasteiger partial charge in [0.05, 0.1) is 6.04 Å². The predicted molar refractivity (Wildman–Crippen MR) is 59.3 cm³/mol. The van der Waals surface area contributed by atoms with E-state index in [1.807, 2.05) is 6.92 Å². The normalized spacial score (nSPS) is 11.6. The van der Waals surface area contributed by atoms with Crippen molar-refractivity contribution in [3.8, 4) is 11.8 Å². The molecule has 14 heavy (non-hydrogen) atoms. The second-order valence-electron chi connectivity index (χ2n) is 3.26. The van der Waals surface area contributed by atoms with Crippen molar-refractivity contribution in [3.05, 3.63) is 35.4 Å². The number of hydrogen-bond donors (Lipinski definition) is 2. The van der Waals surface area contributed by atoms with Crippen LogP contribution in [-0.4, -0.2) is 0 Å². The van der Waals surface area contributed by atoms with Crippen LogP contribution in [0.2, 0.25) is 0 Å². The Morgan fingerprint density at radius 3 is 2.50 bits per heavy atom. The molecule has 1 atom stereocenters. The van der Waals surface area contributed by atoms with E-state index in [1.54, 1.807) is 0 Å². The second-order valence-corrected chi connectivity index (χ2v) is 3.26. The lowest BCUT2D eigenvalue weighted by Gasteiger charge is -2.13. The van der Waals surface area contributed by atoms with E-state index in [-0.39, 0.29) is 6.04 Å². The van der Waals surface area contributed by atoms with Gasteiger partial charge in [-0.1, -0.05) is 29.8 Å². The Kier molecular flexibility index (Phi) is 4.18. The molecule has 0 fully saturated rings. The highest BCUT2D eigenvalue weighted by Gasteiger charge is 2.06. The molecule has 1 rings (SSSR count). The number of hydrogen-bond acceptors (Lipinski definition) is 2. The lowest BCUT2D eigenvalue weighted by molar-refractivity contribution is 0.568. The van der Waals surface area contributed by atoms with Crippen LogP contribution in [0.5, 0.6) is 0 Å². The zero-order valence-corrected chi connectivity index (χ0v) is 8.67. The molecule has 0 radical (unpaired) electrons. The van der Waals surface area contributed by atoms with E-state index >= 15 is 0 Å². The maximum atomic E-state index is 5.47. The highest BCUT2D eigenvalue weighted by atomic mass is 15.2. The van der Waals surface area contributed by atoms with Crippen molar-refractivity contribution in [3.63, 3.8) is 0 Å². The summed E-state index contributed by atoms with van der Waals surface area (Å²) in [6.45, 7) is 3.91. The molecular weight excluding hydrogens is 172 g/mol. The third kappa shape index (κ3) is 2.88. The molecule has 0 bridgehead atoms. The van der Waals surface area contributed by atoms with Crippen molar-refractivity contribution in [2.45, 2.75) is 26.3 Å². The van der Waals surface area contributed by atoms with Crippen LogP contribution in [0.1, 0.15) is 30.5 Å². The summed E-state index contributed by atoms with van der Waals surface area (Å²) in [5, 5.41) is 0. The molecule has 0 saturated carbocycles. The van der Waals surface area contributed by atoms with Crippen LogP contribution in [0, 0.1) is 18.8 Å². The molecule has 0 aliphatic rings. The van der Waals surface area contributed by atoms with E-state index in [0.29, 0.717) is 0 Å². The van der Waals surface area contributed by atoms with Crippen molar-refractivity contribution in [1.82, 2.24) is 5.43 Å². The van der Waals surface area contributed by atoms with E-state index in [2.05, 4.69) is 48.5 Å². The molecule has 0 aromatic heterocycles. The fourth-order valence-electron chi connectivity index (χ4n) is 1.28. The van der Waals surface area contributed by atoms with Gasteiger partial charge in [0.2, 0.25) is 0 Å². The summed E-state index contributed by atoms with van der Waals surface area (Å²) in [4.78, 5) is 0. The largest absolute Gasteiger partial charge is 0.271 e. The van der Waals surface area contributed by atoms with Gasteiger partial charge in [0.1, 0.15) is 0 Å². The van der Waals surface area contributed by atoms with Gasteiger partial charge in [-0.3, -0.25) is 11.3 Å². The molecule has 1 aromatic rings. The topological polar surface area (TPSA) is 38.0 Å². The Labute approximate surface area is 85.5 Å². The molecule has 0 aliphatic heterocycles. The summed E-state index contributed by atoms with van der Waals surface area (Å²) in [6, 6.07) is 8.45. The molecule has 74 valence electrons. The fraction of sp³-hybridized carbons (Fsp3) is 0.333. The molecule has 2 nitrogen and oxygen atoms in total. The highest BCUT2D eigenvalue weighted by molar-refractivity contribution is 5.25. The van der Waals surface area contributed by atoms with Crippen LogP contribution in [0.25, 0.3) is 0 Å². The van der Waals surface area contributed by atoms with Crippen LogP contribution in [0.3, 0.4) is 0 Å². The van der Waals surface area contributed by atoms with Gasteiger partial charge in [-0.05, 0) is 19.4 Å². The third-order valence-electron chi connectivity index (χ3n) is 2.16. The highest BCUT2D eigenvalue weighted by Crippen LogP contribution is 2.15. The van der Waals surface area contributed by atoms with Crippen molar-refractivity contribution < 1.29 is 0 Å². The Morgan fingerprint density at radius 1 is 1.36 bits per heavy atom. The molecule has 1 unspecified atom stereocenters. The number of nitrogens with one attached hydrogen (secondary N) is 1. The zero-order chi connectivity index (χ0) is 10.4. The Bertz CT molecular complexity index is 330. The van der Waals surface area contributed by atoms with Crippen LogP contribution < -0.4 is 11.3 Å². The standard InChI is InChI=1S/C12H16N2/c1-3-4-5-12(14-13)11-8-6-10(2)7-9-11/h6-9,12,14H,5,13H2,1-2H3. The predicted octanol–water partition coefficient (Wildman–Crippen LogP) is 1.91. The molecule has 0 saturated heterocycles. The minimum Gasteiger partial charge on any atom is -0.271 e. The first-order valence-electron chi connectivity index (χ1n) is 4.70. The summed E-state index contributed by atoms with van der Waals surface area (Å²) in [7, 11) is 0. The summed E-state index contributed by atoms with van der Waals surface area (Å²) in [6.07, 6.45) is 0.746. The van der Waals surface area contributed by atoms with E-state index in [0.717, 1.165) is 6.42 Å². The zero-order valence-electron chi connectivity index (χ0n) is 8.67. The van der Waals surface area contributed by atoms with Gasteiger partial charge in [-0.25, -0.2) is 0 Å².